The fourth-order valence-electron chi connectivity index (χ4n) is 2.89. The van der Waals surface area contributed by atoms with Crippen molar-refractivity contribution in [1.82, 2.24) is 10.3 Å². The third-order valence-electron chi connectivity index (χ3n) is 4.16. The molecule has 1 aliphatic carbocycles. The highest BCUT2D eigenvalue weighted by Gasteiger charge is 2.15. The molecule has 24 heavy (non-hydrogen) atoms. The van der Waals surface area contributed by atoms with Gasteiger partial charge in [0, 0.05) is 11.6 Å². The number of carbonyl (C=O) groups is 1. The predicted molar refractivity (Wildman–Crippen MR) is 92.3 cm³/mol. The van der Waals surface area contributed by atoms with Gasteiger partial charge in [0.05, 0.1) is 11.9 Å². The van der Waals surface area contributed by atoms with Crippen molar-refractivity contribution in [2.24, 2.45) is 0 Å². The molecule has 0 spiro atoms. The van der Waals surface area contributed by atoms with Crippen LogP contribution in [0.15, 0.2) is 40.1 Å². The van der Waals surface area contributed by atoms with E-state index in [0.717, 1.165) is 18.4 Å². The van der Waals surface area contributed by atoms with E-state index in [9.17, 15) is 9.18 Å². The molecular weight excluding hydrogens is 327 g/mol. The molecule has 1 aromatic heterocycles. The van der Waals surface area contributed by atoms with Crippen LogP contribution in [0.25, 0.3) is 11.3 Å². The second-order valence-electron chi connectivity index (χ2n) is 6.04. The third kappa shape index (κ3) is 4.84. The average Bonchev–Trinajstić information content (AvgIpc) is 2.91. The number of thioether (sulfide) groups is 1. The largest absolute Gasteiger partial charge is 0.431 e. The van der Waals surface area contributed by atoms with Gasteiger partial charge in [0.2, 0.25) is 5.91 Å². The second-order valence-corrected chi connectivity index (χ2v) is 6.97. The topological polar surface area (TPSA) is 55.1 Å². The highest BCUT2D eigenvalue weighted by Crippen LogP contribution is 2.25. The number of rotatable bonds is 5. The lowest BCUT2D eigenvalue weighted by Crippen LogP contribution is -2.35. The molecule has 1 amide bonds. The summed E-state index contributed by atoms with van der Waals surface area (Å²) in [5.74, 6) is 0.595. The molecule has 0 saturated heterocycles. The van der Waals surface area contributed by atoms with E-state index in [1.165, 1.54) is 49.6 Å². The molecule has 1 N–H and O–H groups in total. The van der Waals surface area contributed by atoms with Crippen molar-refractivity contribution < 1.29 is 13.6 Å². The zero-order valence-electron chi connectivity index (χ0n) is 13.5. The smallest absolute Gasteiger partial charge is 0.256 e. The first-order valence-corrected chi connectivity index (χ1v) is 9.33. The molecule has 1 aromatic carbocycles. The molecule has 128 valence electrons. The van der Waals surface area contributed by atoms with Gasteiger partial charge in [0.25, 0.3) is 5.22 Å². The summed E-state index contributed by atoms with van der Waals surface area (Å²) in [6.45, 7) is 0. The lowest BCUT2D eigenvalue weighted by Gasteiger charge is -2.15. The van der Waals surface area contributed by atoms with Gasteiger partial charge in [-0.3, -0.25) is 4.79 Å². The van der Waals surface area contributed by atoms with Gasteiger partial charge >= 0.3 is 0 Å². The van der Waals surface area contributed by atoms with Gasteiger partial charge < -0.3 is 9.73 Å². The van der Waals surface area contributed by atoms with E-state index in [-0.39, 0.29) is 11.7 Å². The Kier molecular flexibility index (Phi) is 5.91. The number of oxazole rings is 1. The van der Waals surface area contributed by atoms with Crippen LogP contribution in [0.5, 0.6) is 0 Å². The molecule has 6 heteroatoms. The fraction of sp³-hybridized carbons (Fsp3) is 0.444. The monoisotopic (exact) mass is 348 g/mol. The number of hydrogen-bond acceptors (Lipinski definition) is 4. The Morgan fingerprint density at radius 1 is 1.21 bits per heavy atom. The molecule has 0 unspecified atom stereocenters. The van der Waals surface area contributed by atoms with E-state index >= 15 is 0 Å². The van der Waals surface area contributed by atoms with Gasteiger partial charge in [-0.2, -0.15) is 0 Å². The third-order valence-corrected chi connectivity index (χ3v) is 5.00. The Morgan fingerprint density at radius 3 is 2.62 bits per heavy atom. The Bertz CT molecular complexity index is 664. The summed E-state index contributed by atoms with van der Waals surface area (Å²) in [6.07, 6.45) is 8.66. The molecule has 0 atom stereocenters. The van der Waals surface area contributed by atoms with E-state index < -0.39 is 0 Å². The number of aromatic nitrogens is 1. The van der Waals surface area contributed by atoms with Crippen LogP contribution >= 0.6 is 11.8 Å². The minimum Gasteiger partial charge on any atom is -0.431 e. The average molecular weight is 348 g/mol. The number of nitrogens with zero attached hydrogens (tertiary/aromatic N) is 1. The van der Waals surface area contributed by atoms with Crippen molar-refractivity contribution in [3.63, 3.8) is 0 Å². The fourth-order valence-corrected chi connectivity index (χ4v) is 3.51. The van der Waals surface area contributed by atoms with Crippen molar-refractivity contribution >= 4 is 17.7 Å². The zero-order valence-corrected chi connectivity index (χ0v) is 14.3. The molecule has 1 heterocycles. The molecule has 4 nitrogen and oxygen atoms in total. The summed E-state index contributed by atoms with van der Waals surface area (Å²) >= 11 is 1.28. The highest BCUT2D eigenvalue weighted by atomic mass is 32.2. The van der Waals surface area contributed by atoms with Crippen LogP contribution in [-0.4, -0.2) is 22.7 Å². The van der Waals surface area contributed by atoms with Gasteiger partial charge in [-0.25, -0.2) is 9.37 Å². The lowest BCUT2D eigenvalue weighted by atomic mass is 10.1. The van der Waals surface area contributed by atoms with Crippen LogP contribution in [0.2, 0.25) is 0 Å². The summed E-state index contributed by atoms with van der Waals surface area (Å²) in [4.78, 5) is 16.2. The minimum absolute atomic E-state index is 0.0217. The number of benzene rings is 1. The quantitative estimate of drug-likeness (QED) is 0.642. The van der Waals surface area contributed by atoms with Gasteiger partial charge in [-0.05, 0) is 37.1 Å². The Hall–Kier alpha value is -1.82. The van der Waals surface area contributed by atoms with Gasteiger partial charge in [0.15, 0.2) is 5.76 Å². The van der Waals surface area contributed by atoms with E-state index in [1.807, 2.05) is 0 Å². The van der Waals surface area contributed by atoms with Crippen LogP contribution in [0.3, 0.4) is 0 Å². The summed E-state index contributed by atoms with van der Waals surface area (Å²) < 4.78 is 18.6. The van der Waals surface area contributed by atoms with E-state index in [4.69, 9.17) is 4.42 Å². The first-order chi connectivity index (χ1) is 11.7. The maximum atomic E-state index is 12.9. The normalized spacial score (nSPS) is 15.9. The Labute approximate surface area is 145 Å². The first kappa shape index (κ1) is 17.0. The molecule has 0 bridgehead atoms. The van der Waals surface area contributed by atoms with Crippen molar-refractivity contribution in [1.29, 1.82) is 0 Å². The Balaban J connectivity index is 1.49. The maximum Gasteiger partial charge on any atom is 0.256 e. The summed E-state index contributed by atoms with van der Waals surface area (Å²) in [6, 6.07) is 6.35. The summed E-state index contributed by atoms with van der Waals surface area (Å²) in [7, 11) is 0. The van der Waals surface area contributed by atoms with E-state index in [0.29, 0.717) is 22.8 Å². The Morgan fingerprint density at radius 2 is 1.92 bits per heavy atom. The van der Waals surface area contributed by atoms with Crippen LogP contribution in [0.4, 0.5) is 4.39 Å². The van der Waals surface area contributed by atoms with Crippen molar-refractivity contribution in [2.75, 3.05) is 5.75 Å². The van der Waals surface area contributed by atoms with Crippen LogP contribution in [0, 0.1) is 5.82 Å². The predicted octanol–water partition coefficient (Wildman–Crippen LogP) is 4.41. The maximum absolute atomic E-state index is 12.9. The molecule has 1 fully saturated rings. The van der Waals surface area contributed by atoms with Gasteiger partial charge in [-0.1, -0.05) is 37.4 Å². The molecule has 3 rings (SSSR count). The SMILES string of the molecule is O=C(CSc1ncc(-c2ccc(F)cc2)o1)NC1CCCCCC1. The van der Waals surface area contributed by atoms with Gasteiger partial charge in [0.1, 0.15) is 5.82 Å². The molecule has 2 aromatic rings. The second kappa shape index (κ2) is 8.33. The molecule has 1 aliphatic rings. The van der Waals surface area contributed by atoms with Crippen molar-refractivity contribution in [2.45, 2.75) is 49.8 Å². The summed E-state index contributed by atoms with van der Waals surface area (Å²) in [5, 5.41) is 3.55. The number of carbonyl (C=O) groups excluding carboxylic acids is 1. The van der Waals surface area contributed by atoms with E-state index in [2.05, 4.69) is 10.3 Å². The molecule has 0 aliphatic heterocycles. The summed E-state index contributed by atoms with van der Waals surface area (Å²) in [5.41, 5.74) is 0.763. The van der Waals surface area contributed by atoms with Crippen LogP contribution in [-0.2, 0) is 4.79 Å². The number of hydrogen-bond donors (Lipinski definition) is 1. The lowest BCUT2D eigenvalue weighted by molar-refractivity contribution is -0.119. The molecule has 1 saturated carbocycles. The number of amides is 1. The zero-order chi connectivity index (χ0) is 16.8. The number of nitrogens with one attached hydrogen (secondary N) is 1. The number of halogens is 1. The highest BCUT2D eigenvalue weighted by molar-refractivity contribution is 7.99. The molecule has 0 radical (unpaired) electrons. The minimum atomic E-state index is -0.289. The van der Waals surface area contributed by atoms with Crippen LogP contribution in [0.1, 0.15) is 38.5 Å². The van der Waals surface area contributed by atoms with Crippen molar-refractivity contribution in [3.05, 3.63) is 36.3 Å². The molecular formula is C18H21FN2O2S. The van der Waals surface area contributed by atoms with Crippen LogP contribution < -0.4 is 5.32 Å². The standard InChI is InChI=1S/C18H21FN2O2S/c19-14-9-7-13(8-10-14)16-11-20-18(23-16)24-12-17(22)21-15-5-3-1-2-4-6-15/h7-11,15H,1-6,12H2,(H,21,22). The van der Waals surface area contributed by atoms with E-state index in [1.54, 1.807) is 18.3 Å². The van der Waals surface area contributed by atoms with Crippen molar-refractivity contribution in [3.8, 4) is 11.3 Å². The first-order valence-electron chi connectivity index (χ1n) is 8.34. The van der Waals surface area contributed by atoms with Gasteiger partial charge in [-0.15, -0.1) is 0 Å².